The SMILES string of the molecule is COc1ncc(N2CCC3(CCN(C(=O)OC(C)(C)C)CC3)C2)cn1. The largest absolute Gasteiger partial charge is 0.467 e. The molecule has 2 fully saturated rings. The van der Waals surface area contributed by atoms with Crippen LogP contribution in [-0.4, -0.2) is 59.9 Å². The molecule has 0 N–H and O–H groups in total. The summed E-state index contributed by atoms with van der Waals surface area (Å²) in [4.78, 5) is 24.8. The molecule has 1 aromatic heterocycles. The summed E-state index contributed by atoms with van der Waals surface area (Å²) in [6.45, 7) is 9.24. The number of piperidine rings is 1. The zero-order chi connectivity index (χ0) is 18.1. The van der Waals surface area contributed by atoms with Crippen LogP contribution in [0.1, 0.15) is 40.0 Å². The smallest absolute Gasteiger partial charge is 0.410 e. The number of hydrogen-bond acceptors (Lipinski definition) is 6. The maximum Gasteiger partial charge on any atom is 0.410 e. The summed E-state index contributed by atoms with van der Waals surface area (Å²) < 4.78 is 10.5. The number of carbonyl (C=O) groups is 1. The van der Waals surface area contributed by atoms with Gasteiger partial charge >= 0.3 is 12.1 Å². The fraction of sp³-hybridized carbons (Fsp3) is 0.722. The van der Waals surface area contributed by atoms with Gasteiger partial charge in [-0.15, -0.1) is 0 Å². The van der Waals surface area contributed by atoms with Crippen molar-refractivity contribution < 1.29 is 14.3 Å². The van der Waals surface area contributed by atoms with Crippen LogP contribution in [0.25, 0.3) is 0 Å². The molecular weight excluding hydrogens is 320 g/mol. The van der Waals surface area contributed by atoms with Crippen LogP contribution in [0.4, 0.5) is 10.5 Å². The van der Waals surface area contributed by atoms with Crippen LogP contribution in [0.2, 0.25) is 0 Å². The maximum absolute atomic E-state index is 12.2. The zero-order valence-electron chi connectivity index (χ0n) is 15.6. The molecule has 2 aliphatic rings. The maximum atomic E-state index is 12.2. The molecule has 1 amide bonds. The first-order chi connectivity index (χ1) is 11.8. The van der Waals surface area contributed by atoms with Crippen molar-refractivity contribution in [2.24, 2.45) is 5.41 Å². The summed E-state index contributed by atoms with van der Waals surface area (Å²) >= 11 is 0. The Morgan fingerprint density at radius 1 is 1.12 bits per heavy atom. The number of amides is 1. The first kappa shape index (κ1) is 17.8. The van der Waals surface area contributed by atoms with E-state index in [1.807, 2.05) is 38.1 Å². The molecule has 1 aromatic rings. The molecule has 0 aliphatic carbocycles. The number of hydrogen-bond donors (Lipinski definition) is 0. The number of anilines is 1. The van der Waals surface area contributed by atoms with Crippen molar-refractivity contribution in [2.45, 2.75) is 45.6 Å². The zero-order valence-corrected chi connectivity index (χ0v) is 15.6. The molecule has 0 aromatic carbocycles. The van der Waals surface area contributed by atoms with Crippen LogP contribution in [0.3, 0.4) is 0 Å². The summed E-state index contributed by atoms with van der Waals surface area (Å²) in [6, 6.07) is 0.392. The van der Waals surface area contributed by atoms with Crippen molar-refractivity contribution in [3.8, 4) is 6.01 Å². The Labute approximate surface area is 149 Å². The average molecular weight is 348 g/mol. The van der Waals surface area contributed by atoms with Crippen LogP contribution in [0, 0.1) is 5.41 Å². The third-order valence-electron chi connectivity index (χ3n) is 5.08. The molecule has 7 nitrogen and oxygen atoms in total. The Morgan fingerprint density at radius 2 is 1.72 bits per heavy atom. The van der Waals surface area contributed by atoms with Gasteiger partial charge in [-0.3, -0.25) is 0 Å². The molecule has 7 heteroatoms. The minimum atomic E-state index is -0.440. The van der Waals surface area contributed by atoms with E-state index in [2.05, 4.69) is 14.9 Å². The van der Waals surface area contributed by atoms with Gasteiger partial charge in [0.1, 0.15) is 5.60 Å². The Bertz CT molecular complexity index is 604. The van der Waals surface area contributed by atoms with Crippen LogP contribution in [0.5, 0.6) is 6.01 Å². The molecule has 0 bridgehead atoms. The summed E-state index contributed by atoms with van der Waals surface area (Å²) in [7, 11) is 1.57. The van der Waals surface area contributed by atoms with Crippen molar-refractivity contribution in [3.05, 3.63) is 12.4 Å². The van der Waals surface area contributed by atoms with E-state index in [-0.39, 0.29) is 11.5 Å². The molecule has 25 heavy (non-hydrogen) atoms. The summed E-state index contributed by atoms with van der Waals surface area (Å²) in [5, 5.41) is 0. The van der Waals surface area contributed by atoms with Gasteiger partial charge in [0.15, 0.2) is 0 Å². The molecule has 2 saturated heterocycles. The standard InChI is InChI=1S/C18H28N4O3/c1-17(2,3)25-16(23)21-8-5-18(6-9-21)7-10-22(13-18)14-11-19-15(24-4)20-12-14/h11-12H,5-10,13H2,1-4H3. The van der Waals surface area contributed by atoms with E-state index in [0.717, 1.165) is 51.1 Å². The molecule has 2 aliphatic heterocycles. The lowest BCUT2D eigenvalue weighted by Gasteiger charge is -2.39. The third-order valence-corrected chi connectivity index (χ3v) is 5.08. The number of aromatic nitrogens is 2. The van der Waals surface area contributed by atoms with Crippen LogP contribution < -0.4 is 9.64 Å². The van der Waals surface area contributed by atoms with Crippen LogP contribution in [0.15, 0.2) is 12.4 Å². The predicted molar refractivity (Wildman–Crippen MR) is 94.9 cm³/mol. The first-order valence-electron chi connectivity index (χ1n) is 8.89. The molecule has 3 heterocycles. The number of rotatable bonds is 2. The molecule has 0 radical (unpaired) electrons. The molecule has 0 saturated carbocycles. The van der Waals surface area contributed by atoms with E-state index in [4.69, 9.17) is 9.47 Å². The highest BCUT2D eigenvalue weighted by atomic mass is 16.6. The molecule has 0 unspecified atom stereocenters. The summed E-state index contributed by atoms with van der Waals surface area (Å²) in [5.41, 5.74) is 0.871. The minimum absolute atomic E-state index is 0.194. The Hall–Kier alpha value is -2.05. The summed E-state index contributed by atoms with van der Waals surface area (Å²) in [6.07, 6.45) is 6.61. The van der Waals surface area contributed by atoms with E-state index in [1.54, 1.807) is 7.11 Å². The molecule has 138 valence electrons. The Morgan fingerprint density at radius 3 is 2.28 bits per heavy atom. The van der Waals surface area contributed by atoms with Crippen molar-refractivity contribution in [1.29, 1.82) is 0 Å². The van der Waals surface area contributed by atoms with E-state index in [9.17, 15) is 4.79 Å². The van der Waals surface area contributed by atoms with E-state index in [0.29, 0.717) is 6.01 Å². The lowest BCUT2D eigenvalue weighted by atomic mass is 9.78. The summed E-state index contributed by atoms with van der Waals surface area (Å²) in [5.74, 6) is 0. The average Bonchev–Trinajstić information content (AvgIpc) is 2.98. The predicted octanol–water partition coefficient (Wildman–Crippen LogP) is 2.71. The van der Waals surface area contributed by atoms with E-state index in [1.165, 1.54) is 0 Å². The fourth-order valence-electron chi connectivity index (χ4n) is 3.63. The van der Waals surface area contributed by atoms with Gasteiger partial charge in [-0.05, 0) is 45.4 Å². The number of carbonyl (C=O) groups excluding carboxylic acids is 1. The molecule has 0 atom stereocenters. The minimum Gasteiger partial charge on any atom is -0.467 e. The number of ether oxygens (including phenoxy) is 2. The van der Waals surface area contributed by atoms with Gasteiger partial charge < -0.3 is 19.3 Å². The second kappa shape index (κ2) is 6.69. The van der Waals surface area contributed by atoms with Gasteiger partial charge in [-0.25, -0.2) is 14.8 Å². The fourth-order valence-corrected chi connectivity index (χ4v) is 3.63. The highest BCUT2D eigenvalue weighted by molar-refractivity contribution is 5.68. The van der Waals surface area contributed by atoms with Crippen molar-refractivity contribution in [2.75, 3.05) is 38.2 Å². The topological polar surface area (TPSA) is 67.8 Å². The first-order valence-corrected chi connectivity index (χ1v) is 8.89. The molecule has 1 spiro atoms. The normalized spacial score (nSPS) is 20.0. The highest BCUT2D eigenvalue weighted by Gasteiger charge is 2.42. The number of likely N-dealkylation sites (tertiary alicyclic amines) is 1. The third kappa shape index (κ3) is 4.14. The second-order valence-corrected chi connectivity index (χ2v) is 8.07. The van der Waals surface area contributed by atoms with Crippen molar-refractivity contribution in [3.63, 3.8) is 0 Å². The quantitative estimate of drug-likeness (QED) is 0.819. The van der Waals surface area contributed by atoms with Crippen LogP contribution >= 0.6 is 0 Å². The molecular formula is C18H28N4O3. The lowest BCUT2D eigenvalue weighted by Crippen LogP contribution is -2.46. The van der Waals surface area contributed by atoms with E-state index >= 15 is 0 Å². The Kier molecular flexibility index (Phi) is 4.75. The number of nitrogens with zero attached hydrogens (tertiary/aromatic N) is 4. The lowest BCUT2D eigenvalue weighted by molar-refractivity contribution is 0.0122. The highest BCUT2D eigenvalue weighted by Crippen LogP contribution is 2.41. The van der Waals surface area contributed by atoms with Crippen molar-refractivity contribution in [1.82, 2.24) is 14.9 Å². The van der Waals surface area contributed by atoms with Gasteiger partial charge in [0.05, 0.1) is 25.2 Å². The van der Waals surface area contributed by atoms with Gasteiger partial charge in [-0.1, -0.05) is 0 Å². The van der Waals surface area contributed by atoms with Gasteiger partial charge in [0.25, 0.3) is 0 Å². The second-order valence-electron chi connectivity index (χ2n) is 8.07. The van der Waals surface area contributed by atoms with Crippen molar-refractivity contribution >= 4 is 11.8 Å². The number of methoxy groups -OCH3 is 1. The monoisotopic (exact) mass is 348 g/mol. The Balaban J connectivity index is 1.56. The van der Waals surface area contributed by atoms with Gasteiger partial charge in [0.2, 0.25) is 0 Å². The van der Waals surface area contributed by atoms with Gasteiger partial charge in [-0.2, -0.15) is 0 Å². The molecule has 3 rings (SSSR count). The van der Waals surface area contributed by atoms with Crippen LogP contribution in [-0.2, 0) is 4.74 Å². The van der Waals surface area contributed by atoms with E-state index < -0.39 is 5.60 Å². The van der Waals surface area contributed by atoms with Gasteiger partial charge in [0, 0.05) is 26.2 Å².